The van der Waals surface area contributed by atoms with Crippen LogP contribution in [0, 0.1) is 0 Å². The van der Waals surface area contributed by atoms with Crippen molar-refractivity contribution in [2.75, 3.05) is 0 Å². The number of rotatable bonds is 2. The van der Waals surface area contributed by atoms with Crippen molar-refractivity contribution in [3.8, 4) is 0 Å². The van der Waals surface area contributed by atoms with Gasteiger partial charge in [-0.1, -0.05) is 11.6 Å². The molecule has 0 fully saturated rings. The molecule has 5 heteroatoms. The van der Waals surface area contributed by atoms with Crippen molar-refractivity contribution < 1.29 is 12.9 Å². The Balaban J connectivity index is 3.55. The predicted molar refractivity (Wildman–Crippen MR) is 31.8 cm³/mol. The van der Waals surface area contributed by atoms with Gasteiger partial charge in [-0.05, 0) is 13.8 Å². The summed E-state index contributed by atoms with van der Waals surface area (Å²) in [6.07, 6.45) is 0. The highest BCUT2D eigenvalue weighted by Gasteiger charge is 2.16. The van der Waals surface area contributed by atoms with Gasteiger partial charge >= 0.3 is 11.4 Å². The van der Waals surface area contributed by atoms with Crippen LogP contribution in [0.2, 0.25) is 0 Å². The van der Waals surface area contributed by atoms with Crippen molar-refractivity contribution in [2.45, 2.75) is 18.9 Å². The van der Waals surface area contributed by atoms with Gasteiger partial charge in [-0.2, -0.15) is 4.21 Å². The van der Waals surface area contributed by atoms with Crippen molar-refractivity contribution in [3.63, 3.8) is 0 Å². The third kappa shape index (κ3) is 6.36. The molecule has 0 aromatic heterocycles. The fraction of sp³-hybridized carbons (Fsp3) is 1.00. The number of hydrogen-bond acceptors (Lipinski definition) is 2. The van der Waals surface area contributed by atoms with Crippen LogP contribution >= 0.6 is 11.6 Å². The van der Waals surface area contributed by atoms with Gasteiger partial charge < -0.3 is 0 Å². The Labute approximate surface area is 55.5 Å². The Morgan fingerprint density at radius 2 is 2.12 bits per heavy atom. The van der Waals surface area contributed by atoms with E-state index < -0.39 is 16.4 Å². The van der Waals surface area contributed by atoms with Gasteiger partial charge in [0.2, 0.25) is 0 Å². The van der Waals surface area contributed by atoms with Crippen molar-refractivity contribution in [2.24, 2.45) is 0 Å². The quantitative estimate of drug-likeness (QED) is 0.484. The molecular formula is C3H7ClO3S. The molecule has 0 aliphatic heterocycles. The first-order valence-electron chi connectivity index (χ1n) is 1.91. The molecule has 1 N–H and O–H groups in total. The minimum atomic E-state index is -2.27. The zero-order valence-corrected chi connectivity index (χ0v) is 6.12. The molecule has 8 heavy (non-hydrogen) atoms. The van der Waals surface area contributed by atoms with E-state index in [2.05, 4.69) is 4.18 Å². The highest BCUT2D eigenvalue weighted by atomic mass is 35.5. The van der Waals surface area contributed by atoms with Crippen LogP contribution in [0.1, 0.15) is 13.8 Å². The Morgan fingerprint density at radius 3 is 2.12 bits per heavy atom. The fourth-order valence-corrected chi connectivity index (χ4v) is 0.670. The Kier molecular flexibility index (Phi) is 2.90. The molecule has 3 nitrogen and oxygen atoms in total. The van der Waals surface area contributed by atoms with Crippen molar-refractivity contribution in [1.29, 1.82) is 0 Å². The number of halogens is 1. The SMILES string of the molecule is CC(C)(Cl)OS(=O)O. The maximum absolute atomic E-state index is 9.82. The molecule has 0 aliphatic rings. The molecule has 0 saturated heterocycles. The lowest BCUT2D eigenvalue weighted by atomic mass is 10.5. The molecule has 0 amide bonds. The monoisotopic (exact) mass is 158 g/mol. The van der Waals surface area contributed by atoms with Crippen molar-refractivity contribution in [3.05, 3.63) is 0 Å². The largest absolute Gasteiger partial charge is 0.303 e. The van der Waals surface area contributed by atoms with Gasteiger partial charge in [-0.25, -0.2) is 4.18 Å². The van der Waals surface area contributed by atoms with E-state index in [0.717, 1.165) is 0 Å². The van der Waals surface area contributed by atoms with Crippen LogP contribution in [0.3, 0.4) is 0 Å². The molecule has 50 valence electrons. The van der Waals surface area contributed by atoms with Gasteiger partial charge in [0.15, 0.2) is 5.06 Å². The maximum Gasteiger partial charge on any atom is 0.303 e. The Hall–Kier alpha value is 0.360. The molecule has 0 aromatic rings. The maximum atomic E-state index is 9.82. The van der Waals surface area contributed by atoms with Crippen LogP contribution in [0.25, 0.3) is 0 Å². The number of hydrogen-bond donors (Lipinski definition) is 1. The van der Waals surface area contributed by atoms with E-state index >= 15 is 0 Å². The average molecular weight is 159 g/mol. The zero-order valence-electron chi connectivity index (χ0n) is 4.55. The van der Waals surface area contributed by atoms with E-state index in [-0.39, 0.29) is 0 Å². The molecular weight excluding hydrogens is 152 g/mol. The lowest BCUT2D eigenvalue weighted by Crippen LogP contribution is -2.16. The first kappa shape index (κ1) is 8.36. The van der Waals surface area contributed by atoms with Crippen LogP contribution in [0.5, 0.6) is 0 Å². The summed E-state index contributed by atoms with van der Waals surface area (Å²) in [5, 5.41) is -1.06. The van der Waals surface area contributed by atoms with Crippen molar-refractivity contribution in [1.82, 2.24) is 0 Å². The topological polar surface area (TPSA) is 46.5 Å². The summed E-state index contributed by atoms with van der Waals surface area (Å²) < 4.78 is 22.1. The molecule has 1 atom stereocenters. The highest BCUT2D eigenvalue weighted by Crippen LogP contribution is 2.14. The average Bonchev–Trinajstić information content (AvgIpc) is 1.21. The van der Waals surface area contributed by atoms with Gasteiger partial charge in [-0.15, -0.1) is 0 Å². The molecule has 0 radical (unpaired) electrons. The minimum Gasteiger partial charge on any atom is -0.284 e. The third-order valence-electron chi connectivity index (χ3n) is 0.269. The smallest absolute Gasteiger partial charge is 0.284 e. The first-order valence-corrected chi connectivity index (χ1v) is 3.32. The van der Waals surface area contributed by atoms with Gasteiger partial charge in [0.1, 0.15) is 0 Å². The van der Waals surface area contributed by atoms with Crippen molar-refractivity contribution >= 4 is 23.0 Å². The van der Waals surface area contributed by atoms with Gasteiger partial charge in [-0.3, -0.25) is 4.55 Å². The second-order valence-electron chi connectivity index (χ2n) is 1.66. The summed E-state index contributed by atoms with van der Waals surface area (Å²) in [4.78, 5) is 0. The normalized spacial score (nSPS) is 16.0. The fourth-order valence-electron chi connectivity index (χ4n) is 0.170. The van der Waals surface area contributed by atoms with Crippen LogP contribution in [-0.2, 0) is 15.5 Å². The molecule has 1 unspecified atom stereocenters. The van der Waals surface area contributed by atoms with E-state index in [1.807, 2.05) is 0 Å². The predicted octanol–water partition coefficient (Wildman–Crippen LogP) is 1.11. The molecule has 0 aliphatic carbocycles. The van der Waals surface area contributed by atoms with Crippen LogP contribution in [0.15, 0.2) is 0 Å². The van der Waals surface area contributed by atoms with Crippen LogP contribution < -0.4 is 0 Å². The lowest BCUT2D eigenvalue weighted by molar-refractivity contribution is 0.201. The Bertz CT molecular complexity index is 97.2. The van der Waals surface area contributed by atoms with E-state index in [9.17, 15) is 4.21 Å². The molecule has 0 spiro atoms. The summed E-state index contributed by atoms with van der Waals surface area (Å²) in [6, 6.07) is 0. The lowest BCUT2D eigenvalue weighted by Gasteiger charge is -2.11. The van der Waals surface area contributed by atoms with Gasteiger partial charge in [0.25, 0.3) is 0 Å². The molecule has 0 rings (SSSR count). The Morgan fingerprint density at radius 1 is 1.75 bits per heavy atom. The second kappa shape index (κ2) is 2.77. The van der Waals surface area contributed by atoms with Gasteiger partial charge in [0, 0.05) is 0 Å². The summed E-state index contributed by atoms with van der Waals surface area (Å²) >= 11 is 3.09. The van der Waals surface area contributed by atoms with E-state index in [4.69, 9.17) is 16.2 Å². The molecule has 0 aromatic carbocycles. The molecule has 0 heterocycles. The third-order valence-corrected chi connectivity index (χ3v) is 0.997. The van der Waals surface area contributed by atoms with E-state index in [1.54, 1.807) is 0 Å². The standard InChI is InChI=1S/C3H7ClO3S/c1-3(2,4)7-8(5)6/h1-2H3,(H,5,6). The van der Waals surface area contributed by atoms with Gasteiger partial charge in [0.05, 0.1) is 0 Å². The first-order chi connectivity index (χ1) is 3.42. The second-order valence-corrected chi connectivity index (χ2v) is 3.17. The summed E-state index contributed by atoms with van der Waals surface area (Å²) in [5.74, 6) is 0. The highest BCUT2D eigenvalue weighted by molar-refractivity contribution is 7.74. The molecule has 0 saturated carbocycles. The van der Waals surface area contributed by atoms with E-state index in [0.29, 0.717) is 0 Å². The molecule has 0 bridgehead atoms. The summed E-state index contributed by atoms with van der Waals surface area (Å²) in [5.41, 5.74) is 0. The summed E-state index contributed by atoms with van der Waals surface area (Å²) in [7, 11) is 0. The summed E-state index contributed by atoms with van der Waals surface area (Å²) in [6.45, 7) is 2.95. The number of alkyl halides is 1. The van der Waals surface area contributed by atoms with Crippen LogP contribution in [0.4, 0.5) is 0 Å². The minimum absolute atomic E-state index is 1.06. The zero-order chi connectivity index (χ0) is 6.78. The van der Waals surface area contributed by atoms with Crippen LogP contribution in [-0.4, -0.2) is 13.8 Å². The van der Waals surface area contributed by atoms with E-state index in [1.165, 1.54) is 13.8 Å².